The number of carbonyl (C=O) groups is 2. The Morgan fingerprint density at radius 2 is 1.84 bits per heavy atom. The summed E-state index contributed by atoms with van der Waals surface area (Å²) in [6.07, 6.45) is 3.47. The van der Waals surface area contributed by atoms with Crippen LogP contribution in [0.4, 0.5) is 0 Å². The molecule has 25 heavy (non-hydrogen) atoms. The maximum atomic E-state index is 12.6. The van der Waals surface area contributed by atoms with Crippen molar-refractivity contribution in [3.63, 3.8) is 0 Å². The molecule has 3 aliphatic rings. The second-order valence-corrected chi connectivity index (χ2v) is 8.23. The van der Waals surface area contributed by atoms with Gasteiger partial charge in [0.25, 0.3) is 0 Å². The molecule has 0 aromatic heterocycles. The number of carbonyl (C=O) groups excluding carboxylic acids is 2. The first-order chi connectivity index (χ1) is 11.6. The molecule has 0 spiro atoms. The van der Waals surface area contributed by atoms with Gasteiger partial charge in [0.15, 0.2) is 0 Å². The Hall–Kier alpha value is -0.500. The third kappa shape index (κ3) is 5.49. The standard InChI is InChI=1S/C17H29N3O3S.ClH/c1-12-15(18-6-9-23-12)16(21)19-14-4-2-13(3-5-14)17(22)20-7-10-24-11-8-20;/h12-15,18H,2-11H2,1H3,(H,19,21);1H/t12-,13?,14?,15+;/m1./s1. The number of rotatable bonds is 3. The number of hydrogen-bond donors (Lipinski definition) is 2. The molecular weight excluding hydrogens is 362 g/mol. The van der Waals surface area contributed by atoms with E-state index in [1.807, 2.05) is 23.6 Å². The van der Waals surface area contributed by atoms with Gasteiger partial charge in [0.1, 0.15) is 6.04 Å². The summed E-state index contributed by atoms with van der Waals surface area (Å²) in [5.41, 5.74) is 0. The van der Waals surface area contributed by atoms with Crippen molar-refractivity contribution in [3.8, 4) is 0 Å². The fourth-order valence-corrected chi connectivity index (χ4v) is 4.75. The van der Waals surface area contributed by atoms with Gasteiger partial charge in [-0.25, -0.2) is 0 Å². The number of morpholine rings is 1. The highest BCUT2D eigenvalue weighted by molar-refractivity contribution is 7.99. The van der Waals surface area contributed by atoms with Crippen LogP contribution in [0.15, 0.2) is 0 Å². The van der Waals surface area contributed by atoms with Gasteiger partial charge >= 0.3 is 0 Å². The van der Waals surface area contributed by atoms with Crippen LogP contribution in [-0.4, -0.2) is 72.6 Å². The first-order valence-corrected chi connectivity index (χ1v) is 10.3. The van der Waals surface area contributed by atoms with Crippen LogP contribution in [0.5, 0.6) is 0 Å². The Bertz CT molecular complexity index is 454. The summed E-state index contributed by atoms with van der Waals surface area (Å²) in [5, 5.41) is 6.38. The van der Waals surface area contributed by atoms with Gasteiger partial charge in [-0.1, -0.05) is 0 Å². The van der Waals surface area contributed by atoms with Gasteiger partial charge in [-0.3, -0.25) is 9.59 Å². The van der Waals surface area contributed by atoms with Crippen molar-refractivity contribution < 1.29 is 14.3 Å². The highest BCUT2D eigenvalue weighted by atomic mass is 35.5. The molecule has 0 bridgehead atoms. The molecule has 2 atom stereocenters. The molecule has 1 saturated carbocycles. The van der Waals surface area contributed by atoms with E-state index in [1.165, 1.54) is 0 Å². The number of halogens is 1. The van der Waals surface area contributed by atoms with Crippen LogP contribution in [0.1, 0.15) is 32.6 Å². The van der Waals surface area contributed by atoms with Gasteiger partial charge in [-0.15, -0.1) is 12.4 Å². The summed E-state index contributed by atoms with van der Waals surface area (Å²) < 4.78 is 5.54. The smallest absolute Gasteiger partial charge is 0.240 e. The van der Waals surface area contributed by atoms with E-state index in [4.69, 9.17) is 4.74 Å². The molecule has 2 N–H and O–H groups in total. The van der Waals surface area contributed by atoms with Crippen LogP contribution in [0.25, 0.3) is 0 Å². The van der Waals surface area contributed by atoms with Gasteiger partial charge in [0.05, 0.1) is 12.7 Å². The van der Waals surface area contributed by atoms with E-state index in [-0.39, 0.29) is 42.4 Å². The third-order valence-electron chi connectivity index (χ3n) is 5.34. The maximum absolute atomic E-state index is 12.6. The molecule has 8 heteroatoms. The largest absolute Gasteiger partial charge is 0.375 e. The van der Waals surface area contributed by atoms with Crippen molar-refractivity contribution in [1.82, 2.24) is 15.5 Å². The molecule has 0 aromatic rings. The molecule has 2 amide bonds. The van der Waals surface area contributed by atoms with E-state index < -0.39 is 0 Å². The van der Waals surface area contributed by atoms with Crippen LogP contribution < -0.4 is 10.6 Å². The molecule has 0 aromatic carbocycles. The van der Waals surface area contributed by atoms with E-state index in [0.29, 0.717) is 12.5 Å². The fourth-order valence-electron chi connectivity index (χ4n) is 3.84. The summed E-state index contributed by atoms with van der Waals surface area (Å²) in [7, 11) is 0. The quantitative estimate of drug-likeness (QED) is 0.752. The number of nitrogens with one attached hydrogen (secondary N) is 2. The summed E-state index contributed by atoms with van der Waals surface area (Å²) in [4.78, 5) is 27.0. The minimum Gasteiger partial charge on any atom is -0.375 e. The zero-order valence-electron chi connectivity index (χ0n) is 14.9. The predicted molar refractivity (Wildman–Crippen MR) is 102 cm³/mol. The average molecular weight is 392 g/mol. The summed E-state index contributed by atoms with van der Waals surface area (Å²) in [5.74, 6) is 2.63. The molecular formula is C17H30ClN3O3S. The summed E-state index contributed by atoms with van der Waals surface area (Å²) >= 11 is 1.93. The molecule has 3 fully saturated rings. The van der Waals surface area contributed by atoms with Crippen LogP contribution in [0, 0.1) is 5.92 Å². The minimum atomic E-state index is -0.260. The van der Waals surface area contributed by atoms with E-state index in [2.05, 4.69) is 10.6 Å². The van der Waals surface area contributed by atoms with Gasteiger partial charge in [0.2, 0.25) is 11.8 Å². The van der Waals surface area contributed by atoms with E-state index in [9.17, 15) is 9.59 Å². The lowest BCUT2D eigenvalue weighted by atomic mass is 9.85. The Balaban J connectivity index is 0.00000225. The Labute approximate surface area is 160 Å². The lowest BCUT2D eigenvalue weighted by Gasteiger charge is -2.35. The molecule has 6 nitrogen and oxygen atoms in total. The van der Waals surface area contributed by atoms with E-state index >= 15 is 0 Å². The number of amides is 2. The average Bonchev–Trinajstić information content (AvgIpc) is 2.63. The van der Waals surface area contributed by atoms with Crippen molar-refractivity contribution in [1.29, 1.82) is 0 Å². The van der Waals surface area contributed by atoms with E-state index in [1.54, 1.807) is 0 Å². The molecule has 0 radical (unpaired) electrons. The summed E-state index contributed by atoms with van der Waals surface area (Å²) in [6, 6.07) is -0.0710. The third-order valence-corrected chi connectivity index (χ3v) is 6.29. The highest BCUT2D eigenvalue weighted by Gasteiger charge is 2.33. The van der Waals surface area contributed by atoms with Crippen LogP contribution in [0.3, 0.4) is 0 Å². The van der Waals surface area contributed by atoms with Crippen molar-refractivity contribution >= 4 is 36.0 Å². The Morgan fingerprint density at radius 1 is 1.16 bits per heavy atom. The van der Waals surface area contributed by atoms with Crippen molar-refractivity contribution in [3.05, 3.63) is 0 Å². The molecule has 2 aliphatic heterocycles. The Morgan fingerprint density at radius 3 is 2.48 bits per heavy atom. The van der Waals surface area contributed by atoms with Crippen LogP contribution in [0.2, 0.25) is 0 Å². The number of ether oxygens (including phenoxy) is 1. The topological polar surface area (TPSA) is 70.7 Å². The molecule has 144 valence electrons. The normalized spacial score (nSPS) is 33.2. The fraction of sp³-hybridized carbons (Fsp3) is 0.882. The van der Waals surface area contributed by atoms with E-state index in [0.717, 1.165) is 56.8 Å². The number of thioether (sulfide) groups is 1. The molecule has 2 saturated heterocycles. The van der Waals surface area contributed by atoms with Gasteiger partial charge in [-0.2, -0.15) is 11.8 Å². The zero-order valence-corrected chi connectivity index (χ0v) is 16.5. The molecule has 2 heterocycles. The van der Waals surface area contributed by atoms with Gasteiger partial charge < -0.3 is 20.3 Å². The first kappa shape index (κ1) is 20.8. The second-order valence-electron chi connectivity index (χ2n) is 7.00. The van der Waals surface area contributed by atoms with Crippen LogP contribution >= 0.6 is 24.2 Å². The van der Waals surface area contributed by atoms with Crippen LogP contribution in [-0.2, 0) is 14.3 Å². The summed E-state index contributed by atoms with van der Waals surface area (Å²) in [6.45, 7) is 5.10. The van der Waals surface area contributed by atoms with Crippen molar-refractivity contribution in [2.24, 2.45) is 5.92 Å². The monoisotopic (exact) mass is 391 g/mol. The number of nitrogens with zero attached hydrogens (tertiary/aromatic N) is 1. The minimum absolute atomic E-state index is 0. The second kappa shape index (κ2) is 10.00. The predicted octanol–water partition coefficient (Wildman–Crippen LogP) is 1.04. The first-order valence-electron chi connectivity index (χ1n) is 9.17. The van der Waals surface area contributed by atoms with Crippen molar-refractivity contribution in [2.75, 3.05) is 37.7 Å². The van der Waals surface area contributed by atoms with Crippen molar-refractivity contribution in [2.45, 2.75) is 50.8 Å². The maximum Gasteiger partial charge on any atom is 0.240 e. The van der Waals surface area contributed by atoms with Gasteiger partial charge in [-0.05, 0) is 32.6 Å². The SMILES string of the molecule is C[C@H]1OCCN[C@@H]1C(=O)NC1CCC(C(=O)N2CCSCC2)CC1.Cl. The lowest BCUT2D eigenvalue weighted by Crippen LogP contribution is -2.57. The zero-order chi connectivity index (χ0) is 16.9. The highest BCUT2D eigenvalue weighted by Crippen LogP contribution is 2.27. The molecule has 0 unspecified atom stereocenters. The van der Waals surface area contributed by atoms with Gasteiger partial charge in [0, 0.05) is 43.1 Å². The lowest BCUT2D eigenvalue weighted by molar-refractivity contribution is -0.136. The Kier molecular flexibility index (Phi) is 8.32. The molecule has 3 rings (SSSR count). The number of hydrogen-bond acceptors (Lipinski definition) is 5. The molecule has 1 aliphatic carbocycles.